The molecule has 0 aliphatic rings. The Hall–Kier alpha value is -1.69. The monoisotopic (exact) mass is 394 g/mol. The molecule has 0 radical (unpaired) electrons. The van der Waals surface area contributed by atoms with Crippen LogP contribution in [0.15, 0.2) is 42.5 Å². The summed E-state index contributed by atoms with van der Waals surface area (Å²) in [4.78, 5) is 23.9. The van der Waals surface area contributed by atoms with Crippen LogP contribution < -0.4 is 0 Å². The van der Waals surface area contributed by atoms with E-state index in [1.54, 1.807) is 24.3 Å². The second-order valence-corrected chi connectivity index (χ2v) is 6.05. The first-order chi connectivity index (χ1) is 9.97. The lowest BCUT2D eigenvalue weighted by atomic mass is 10.0. The summed E-state index contributed by atoms with van der Waals surface area (Å²) in [6, 6.07) is 12.5. The first-order valence-corrected chi connectivity index (χ1v) is 7.58. The zero-order valence-electron chi connectivity index (χ0n) is 11.9. The molecule has 0 aromatic heterocycles. The van der Waals surface area contributed by atoms with Crippen molar-refractivity contribution >= 4 is 34.3 Å². The van der Waals surface area contributed by atoms with Crippen LogP contribution in [0.25, 0.3) is 0 Å². The molecule has 0 heterocycles. The van der Waals surface area contributed by atoms with Crippen LogP contribution in [-0.2, 0) is 4.74 Å². The van der Waals surface area contributed by atoms with Crippen LogP contribution in [0.5, 0.6) is 0 Å². The summed E-state index contributed by atoms with van der Waals surface area (Å²) in [7, 11) is 0. The van der Waals surface area contributed by atoms with Gasteiger partial charge in [0.15, 0.2) is 12.4 Å². The number of ketones is 1. The molecule has 0 unspecified atom stereocenters. The Kier molecular flexibility index (Phi) is 5.12. The van der Waals surface area contributed by atoms with Crippen molar-refractivity contribution in [2.75, 3.05) is 6.61 Å². The van der Waals surface area contributed by atoms with Gasteiger partial charge in [-0.05, 0) is 71.8 Å². The SMILES string of the molecule is Cc1ccc(C(=O)COC(=O)c2cccc(I)c2)cc1C. The maximum Gasteiger partial charge on any atom is 0.338 e. The molecule has 0 saturated carbocycles. The first kappa shape index (κ1) is 15.7. The van der Waals surface area contributed by atoms with Crippen molar-refractivity contribution < 1.29 is 14.3 Å². The fraction of sp³-hybridized carbons (Fsp3) is 0.176. The van der Waals surface area contributed by atoms with E-state index in [1.165, 1.54) is 0 Å². The molecule has 0 aliphatic carbocycles. The second kappa shape index (κ2) is 6.85. The molecule has 0 fully saturated rings. The fourth-order valence-corrected chi connectivity index (χ4v) is 2.37. The summed E-state index contributed by atoms with van der Waals surface area (Å²) in [5.41, 5.74) is 3.19. The molecule has 0 amide bonds. The van der Waals surface area contributed by atoms with E-state index < -0.39 is 5.97 Å². The zero-order chi connectivity index (χ0) is 15.4. The minimum absolute atomic E-state index is 0.197. The second-order valence-electron chi connectivity index (χ2n) is 4.81. The molecular weight excluding hydrogens is 379 g/mol. The predicted octanol–water partition coefficient (Wildman–Crippen LogP) is 3.95. The smallest absolute Gasteiger partial charge is 0.338 e. The summed E-state index contributed by atoms with van der Waals surface area (Å²) in [6.07, 6.45) is 0. The molecule has 21 heavy (non-hydrogen) atoms. The zero-order valence-corrected chi connectivity index (χ0v) is 14.0. The molecule has 2 aromatic carbocycles. The number of rotatable bonds is 4. The minimum Gasteiger partial charge on any atom is -0.454 e. The first-order valence-electron chi connectivity index (χ1n) is 6.50. The highest BCUT2D eigenvalue weighted by atomic mass is 127. The van der Waals surface area contributed by atoms with Crippen LogP contribution in [0.1, 0.15) is 31.8 Å². The van der Waals surface area contributed by atoms with E-state index in [4.69, 9.17) is 4.74 Å². The van der Waals surface area contributed by atoms with Gasteiger partial charge in [-0.2, -0.15) is 0 Å². The van der Waals surface area contributed by atoms with Gasteiger partial charge in [-0.25, -0.2) is 4.79 Å². The molecule has 0 aliphatic heterocycles. The molecule has 0 saturated heterocycles. The standard InChI is InChI=1S/C17H15IO3/c1-11-6-7-13(8-12(11)2)16(19)10-21-17(20)14-4-3-5-15(18)9-14/h3-9H,10H2,1-2H3. The largest absolute Gasteiger partial charge is 0.454 e. The Morgan fingerprint density at radius 3 is 2.43 bits per heavy atom. The number of halogens is 1. The molecule has 2 rings (SSSR count). The van der Waals surface area contributed by atoms with Gasteiger partial charge in [0.25, 0.3) is 0 Å². The summed E-state index contributed by atoms with van der Waals surface area (Å²) >= 11 is 2.12. The molecule has 0 atom stereocenters. The van der Waals surface area contributed by atoms with E-state index in [0.29, 0.717) is 11.1 Å². The van der Waals surface area contributed by atoms with E-state index >= 15 is 0 Å². The van der Waals surface area contributed by atoms with Crippen molar-refractivity contribution in [1.82, 2.24) is 0 Å². The highest BCUT2D eigenvalue weighted by Crippen LogP contribution is 2.12. The third-order valence-corrected chi connectivity index (χ3v) is 3.89. The minimum atomic E-state index is -0.481. The molecule has 0 N–H and O–H groups in total. The van der Waals surface area contributed by atoms with Gasteiger partial charge < -0.3 is 4.74 Å². The van der Waals surface area contributed by atoms with Crippen molar-refractivity contribution in [3.63, 3.8) is 0 Å². The van der Waals surface area contributed by atoms with Gasteiger partial charge in [0.1, 0.15) is 0 Å². The normalized spacial score (nSPS) is 10.2. The van der Waals surface area contributed by atoms with E-state index in [0.717, 1.165) is 14.7 Å². The number of Topliss-reactive ketones (excluding diaryl/α,β-unsaturated/α-hetero) is 1. The Balaban J connectivity index is 2.00. The summed E-state index contributed by atoms with van der Waals surface area (Å²) in [6.45, 7) is 3.69. The molecule has 4 heteroatoms. The van der Waals surface area contributed by atoms with Crippen molar-refractivity contribution in [1.29, 1.82) is 0 Å². The number of hydrogen-bond donors (Lipinski definition) is 0. The lowest BCUT2D eigenvalue weighted by Gasteiger charge is -2.06. The molecule has 108 valence electrons. The number of carbonyl (C=O) groups is 2. The van der Waals surface area contributed by atoms with E-state index in [9.17, 15) is 9.59 Å². The van der Waals surface area contributed by atoms with Crippen molar-refractivity contribution in [2.45, 2.75) is 13.8 Å². The summed E-state index contributed by atoms with van der Waals surface area (Å²) in [5, 5.41) is 0. The predicted molar refractivity (Wildman–Crippen MR) is 89.7 cm³/mol. The average molecular weight is 394 g/mol. The van der Waals surface area contributed by atoms with Crippen LogP contribution in [0.2, 0.25) is 0 Å². The van der Waals surface area contributed by atoms with Crippen molar-refractivity contribution in [3.8, 4) is 0 Å². The number of ether oxygens (including phenoxy) is 1. The molecule has 0 bridgehead atoms. The number of benzene rings is 2. The van der Waals surface area contributed by atoms with Crippen LogP contribution >= 0.6 is 22.6 Å². The molecule has 3 nitrogen and oxygen atoms in total. The highest BCUT2D eigenvalue weighted by molar-refractivity contribution is 14.1. The van der Waals surface area contributed by atoms with Crippen LogP contribution in [0.3, 0.4) is 0 Å². The van der Waals surface area contributed by atoms with Gasteiger partial charge in [-0.1, -0.05) is 18.2 Å². The van der Waals surface area contributed by atoms with E-state index in [2.05, 4.69) is 22.6 Å². The Labute approximate surface area is 137 Å². The number of carbonyl (C=O) groups excluding carboxylic acids is 2. The molecule has 2 aromatic rings. The van der Waals surface area contributed by atoms with Gasteiger partial charge in [-0.3, -0.25) is 4.79 Å². The van der Waals surface area contributed by atoms with Crippen molar-refractivity contribution in [3.05, 3.63) is 68.3 Å². The quantitative estimate of drug-likeness (QED) is 0.448. The average Bonchev–Trinajstić information content (AvgIpc) is 2.47. The lowest BCUT2D eigenvalue weighted by molar-refractivity contribution is 0.0474. The third-order valence-electron chi connectivity index (χ3n) is 3.22. The van der Waals surface area contributed by atoms with E-state index in [1.807, 2.05) is 32.0 Å². The van der Waals surface area contributed by atoms with E-state index in [-0.39, 0.29) is 12.4 Å². The van der Waals surface area contributed by atoms with Gasteiger partial charge in [-0.15, -0.1) is 0 Å². The summed E-state index contributed by atoms with van der Waals surface area (Å²) in [5.74, 6) is -0.678. The Morgan fingerprint density at radius 2 is 1.76 bits per heavy atom. The maximum absolute atomic E-state index is 12.0. The Morgan fingerprint density at radius 1 is 1.00 bits per heavy atom. The van der Waals surface area contributed by atoms with Crippen molar-refractivity contribution in [2.24, 2.45) is 0 Å². The van der Waals surface area contributed by atoms with Gasteiger partial charge in [0.2, 0.25) is 0 Å². The lowest BCUT2D eigenvalue weighted by Crippen LogP contribution is -2.14. The fourth-order valence-electron chi connectivity index (χ4n) is 1.83. The topological polar surface area (TPSA) is 43.4 Å². The third kappa shape index (κ3) is 4.14. The highest BCUT2D eigenvalue weighted by Gasteiger charge is 2.12. The van der Waals surface area contributed by atoms with Gasteiger partial charge in [0, 0.05) is 9.13 Å². The van der Waals surface area contributed by atoms with Crippen LogP contribution in [0, 0.1) is 17.4 Å². The van der Waals surface area contributed by atoms with Crippen LogP contribution in [-0.4, -0.2) is 18.4 Å². The number of hydrogen-bond acceptors (Lipinski definition) is 3. The maximum atomic E-state index is 12.0. The molecule has 0 spiro atoms. The van der Waals surface area contributed by atoms with Gasteiger partial charge >= 0.3 is 5.97 Å². The number of aryl methyl sites for hydroxylation is 2. The van der Waals surface area contributed by atoms with Crippen LogP contribution in [0.4, 0.5) is 0 Å². The summed E-state index contributed by atoms with van der Waals surface area (Å²) < 4.78 is 6.02. The Bertz CT molecular complexity index is 692. The molecular formula is C17H15IO3. The number of esters is 1. The van der Waals surface area contributed by atoms with Gasteiger partial charge in [0.05, 0.1) is 5.56 Å².